The van der Waals surface area contributed by atoms with Gasteiger partial charge < -0.3 is 20.3 Å². The molecule has 3 atom stereocenters. The summed E-state index contributed by atoms with van der Waals surface area (Å²) < 4.78 is 5.97. The minimum Gasteiger partial charge on any atom is -0.375 e. The monoisotopic (exact) mass is 311 g/mol. The fourth-order valence-corrected chi connectivity index (χ4v) is 3.83. The SMILES string of the molecule is CCN(CC)CCOC1CCN(C(=O)[C@@H]2CCC[C@@H]2CN)C1. The van der Waals surface area contributed by atoms with Crippen molar-refractivity contribution in [3.05, 3.63) is 0 Å². The van der Waals surface area contributed by atoms with Crippen LogP contribution in [0.2, 0.25) is 0 Å². The van der Waals surface area contributed by atoms with E-state index in [1.165, 1.54) is 0 Å². The first kappa shape index (κ1) is 17.7. The lowest BCUT2D eigenvalue weighted by Gasteiger charge is -2.24. The number of ether oxygens (including phenoxy) is 1. The van der Waals surface area contributed by atoms with E-state index in [1.807, 2.05) is 4.90 Å². The van der Waals surface area contributed by atoms with Crippen LogP contribution >= 0.6 is 0 Å². The van der Waals surface area contributed by atoms with Crippen LogP contribution in [0, 0.1) is 11.8 Å². The summed E-state index contributed by atoms with van der Waals surface area (Å²) in [6.45, 7) is 10.5. The quantitative estimate of drug-likeness (QED) is 0.734. The average Bonchev–Trinajstić information content (AvgIpc) is 3.19. The Kier molecular flexibility index (Phi) is 7.12. The second kappa shape index (κ2) is 8.85. The number of nitrogens with two attached hydrogens (primary N) is 1. The summed E-state index contributed by atoms with van der Waals surface area (Å²) in [5.74, 6) is 0.886. The van der Waals surface area contributed by atoms with E-state index in [9.17, 15) is 4.79 Å². The molecule has 1 amide bonds. The van der Waals surface area contributed by atoms with Crippen LogP contribution in [0.3, 0.4) is 0 Å². The van der Waals surface area contributed by atoms with E-state index < -0.39 is 0 Å². The zero-order chi connectivity index (χ0) is 15.9. The fourth-order valence-electron chi connectivity index (χ4n) is 3.83. The molecular formula is C17H33N3O2. The van der Waals surface area contributed by atoms with E-state index in [0.29, 0.717) is 18.4 Å². The van der Waals surface area contributed by atoms with Crippen molar-refractivity contribution in [3.63, 3.8) is 0 Å². The maximum Gasteiger partial charge on any atom is 0.226 e. The molecule has 2 aliphatic rings. The highest BCUT2D eigenvalue weighted by molar-refractivity contribution is 5.79. The molecule has 1 unspecified atom stereocenters. The Hall–Kier alpha value is -0.650. The summed E-state index contributed by atoms with van der Waals surface area (Å²) in [4.78, 5) is 17.0. The summed E-state index contributed by atoms with van der Waals surface area (Å²) in [7, 11) is 0. The molecule has 1 saturated heterocycles. The second-order valence-corrected chi connectivity index (χ2v) is 6.63. The number of hydrogen-bond acceptors (Lipinski definition) is 4. The molecule has 5 nitrogen and oxygen atoms in total. The zero-order valence-corrected chi connectivity index (χ0v) is 14.3. The lowest BCUT2D eigenvalue weighted by atomic mass is 9.95. The van der Waals surface area contributed by atoms with Crippen molar-refractivity contribution in [3.8, 4) is 0 Å². The summed E-state index contributed by atoms with van der Waals surface area (Å²) in [6, 6.07) is 0. The lowest BCUT2D eigenvalue weighted by molar-refractivity contribution is -0.136. The average molecular weight is 311 g/mol. The van der Waals surface area contributed by atoms with Gasteiger partial charge in [-0.2, -0.15) is 0 Å². The molecule has 0 spiro atoms. The van der Waals surface area contributed by atoms with Crippen LogP contribution in [-0.2, 0) is 9.53 Å². The molecule has 1 saturated carbocycles. The van der Waals surface area contributed by atoms with Gasteiger partial charge in [0.15, 0.2) is 0 Å². The van der Waals surface area contributed by atoms with Gasteiger partial charge in [-0.15, -0.1) is 0 Å². The first-order valence-electron chi connectivity index (χ1n) is 9.02. The van der Waals surface area contributed by atoms with Gasteiger partial charge >= 0.3 is 0 Å². The van der Waals surface area contributed by atoms with Crippen molar-refractivity contribution in [2.45, 2.75) is 45.6 Å². The largest absolute Gasteiger partial charge is 0.375 e. The van der Waals surface area contributed by atoms with Crippen molar-refractivity contribution < 1.29 is 9.53 Å². The maximum absolute atomic E-state index is 12.6. The summed E-state index contributed by atoms with van der Waals surface area (Å²) in [5, 5.41) is 0. The molecular weight excluding hydrogens is 278 g/mol. The van der Waals surface area contributed by atoms with E-state index in [1.54, 1.807) is 0 Å². The number of rotatable bonds is 8. The predicted octanol–water partition coefficient (Wildman–Crippen LogP) is 1.32. The predicted molar refractivity (Wildman–Crippen MR) is 88.6 cm³/mol. The van der Waals surface area contributed by atoms with Crippen LogP contribution in [0.5, 0.6) is 0 Å². The highest BCUT2D eigenvalue weighted by Crippen LogP contribution is 2.33. The van der Waals surface area contributed by atoms with Crippen molar-refractivity contribution >= 4 is 5.91 Å². The third kappa shape index (κ3) is 4.43. The molecule has 2 fully saturated rings. The van der Waals surface area contributed by atoms with Gasteiger partial charge in [0.2, 0.25) is 5.91 Å². The first-order valence-corrected chi connectivity index (χ1v) is 9.02. The van der Waals surface area contributed by atoms with Crippen LogP contribution in [0.4, 0.5) is 0 Å². The Morgan fingerprint density at radius 2 is 2.05 bits per heavy atom. The first-order chi connectivity index (χ1) is 10.7. The normalized spacial score (nSPS) is 28.7. The highest BCUT2D eigenvalue weighted by atomic mass is 16.5. The van der Waals surface area contributed by atoms with Gasteiger partial charge in [0.25, 0.3) is 0 Å². The summed E-state index contributed by atoms with van der Waals surface area (Å²) in [6.07, 6.45) is 4.48. The summed E-state index contributed by atoms with van der Waals surface area (Å²) in [5.41, 5.74) is 5.81. The smallest absolute Gasteiger partial charge is 0.226 e. The van der Waals surface area contributed by atoms with E-state index >= 15 is 0 Å². The standard InChI is InChI=1S/C17H33N3O2/c1-3-19(4-2)10-11-22-15-8-9-20(13-15)17(21)16-7-5-6-14(16)12-18/h14-16H,3-13,18H2,1-2H3/t14-,15?,16-/m1/s1. The molecule has 22 heavy (non-hydrogen) atoms. The van der Waals surface area contributed by atoms with Crippen LogP contribution in [0.15, 0.2) is 0 Å². The number of nitrogens with zero attached hydrogens (tertiary/aromatic N) is 2. The molecule has 0 aromatic heterocycles. The van der Waals surface area contributed by atoms with Crippen molar-refractivity contribution in [2.24, 2.45) is 17.6 Å². The van der Waals surface area contributed by atoms with Gasteiger partial charge in [-0.1, -0.05) is 20.3 Å². The van der Waals surface area contributed by atoms with Crippen LogP contribution in [-0.4, -0.2) is 67.7 Å². The fraction of sp³-hybridized carbons (Fsp3) is 0.941. The number of carbonyl (C=O) groups is 1. The Morgan fingerprint density at radius 3 is 2.73 bits per heavy atom. The van der Waals surface area contributed by atoms with E-state index in [2.05, 4.69) is 18.7 Å². The molecule has 128 valence electrons. The lowest BCUT2D eigenvalue weighted by Crippen LogP contribution is -2.38. The molecule has 1 heterocycles. The van der Waals surface area contributed by atoms with Gasteiger partial charge in [0.05, 0.1) is 12.7 Å². The van der Waals surface area contributed by atoms with E-state index in [-0.39, 0.29) is 12.0 Å². The number of carbonyl (C=O) groups excluding carboxylic acids is 1. The molecule has 0 bridgehead atoms. The topological polar surface area (TPSA) is 58.8 Å². The molecule has 1 aliphatic carbocycles. The molecule has 0 radical (unpaired) electrons. The molecule has 2 rings (SSSR count). The Labute approximate surface area is 135 Å². The number of likely N-dealkylation sites (tertiary alicyclic amines) is 1. The van der Waals surface area contributed by atoms with Crippen LogP contribution in [0.25, 0.3) is 0 Å². The van der Waals surface area contributed by atoms with Crippen LogP contribution in [0.1, 0.15) is 39.5 Å². The number of hydrogen-bond donors (Lipinski definition) is 1. The minimum atomic E-state index is 0.166. The Morgan fingerprint density at radius 1 is 1.27 bits per heavy atom. The van der Waals surface area contributed by atoms with E-state index in [0.717, 1.165) is 65.0 Å². The number of likely N-dealkylation sites (N-methyl/N-ethyl adjacent to an activating group) is 1. The molecule has 2 N–H and O–H groups in total. The van der Waals surface area contributed by atoms with Crippen molar-refractivity contribution in [1.29, 1.82) is 0 Å². The Balaban J connectivity index is 1.72. The van der Waals surface area contributed by atoms with Crippen LogP contribution < -0.4 is 5.73 Å². The molecule has 0 aromatic rings. The molecule has 0 aromatic carbocycles. The zero-order valence-electron chi connectivity index (χ0n) is 14.3. The van der Waals surface area contributed by atoms with Gasteiger partial charge in [-0.05, 0) is 44.8 Å². The molecule has 1 aliphatic heterocycles. The third-order valence-electron chi connectivity index (χ3n) is 5.39. The third-order valence-corrected chi connectivity index (χ3v) is 5.39. The molecule has 5 heteroatoms. The van der Waals surface area contributed by atoms with E-state index in [4.69, 9.17) is 10.5 Å². The van der Waals surface area contributed by atoms with Crippen molar-refractivity contribution in [2.75, 3.05) is 45.9 Å². The Bertz CT molecular complexity index is 347. The second-order valence-electron chi connectivity index (χ2n) is 6.63. The van der Waals surface area contributed by atoms with Gasteiger partial charge in [-0.25, -0.2) is 0 Å². The van der Waals surface area contributed by atoms with Crippen molar-refractivity contribution in [1.82, 2.24) is 9.80 Å². The maximum atomic E-state index is 12.6. The highest BCUT2D eigenvalue weighted by Gasteiger charge is 2.37. The summed E-state index contributed by atoms with van der Waals surface area (Å²) >= 11 is 0. The van der Waals surface area contributed by atoms with Gasteiger partial charge in [-0.3, -0.25) is 4.79 Å². The number of amides is 1. The van der Waals surface area contributed by atoms with Gasteiger partial charge in [0, 0.05) is 25.6 Å². The minimum absolute atomic E-state index is 0.166. The van der Waals surface area contributed by atoms with Gasteiger partial charge in [0.1, 0.15) is 0 Å².